The number of benzene rings is 4. The van der Waals surface area contributed by atoms with Crippen LogP contribution in [0.25, 0.3) is 10.9 Å². The van der Waals surface area contributed by atoms with Crippen molar-refractivity contribution in [3.8, 4) is 5.75 Å². The number of aromatic amines is 1. The molecule has 0 aliphatic heterocycles. The summed E-state index contributed by atoms with van der Waals surface area (Å²) in [5.74, 6) is -12.2. The summed E-state index contributed by atoms with van der Waals surface area (Å²) in [5, 5.41) is 71.2. The molecule has 1 heterocycles. The molecule has 0 radical (unpaired) electrons. The van der Waals surface area contributed by atoms with Gasteiger partial charge in [-0.15, -0.1) is 0 Å². The van der Waals surface area contributed by atoms with E-state index in [2.05, 4.69) is 60.1 Å². The number of aliphatic hydroxyl groups excluding tert-OH is 2. The molecule has 0 spiro atoms. The van der Waals surface area contributed by atoms with Gasteiger partial charge in [0, 0.05) is 55.7 Å². The van der Waals surface area contributed by atoms with E-state index in [9.17, 15) is 82.7 Å². The number of aromatic hydroxyl groups is 1. The van der Waals surface area contributed by atoms with Crippen LogP contribution < -0.4 is 59.7 Å². The molecule has 32 heteroatoms. The number of rotatable bonds is 40. The van der Waals surface area contributed by atoms with Crippen LogP contribution >= 0.6 is 24.4 Å². The number of fused-ring (bicyclic) bond motifs is 1. The zero-order valence-corrected chi connectivity index (χ0v) is 55.4. The van der Waals surface area contributed by atoms with E-state index in [-0.39, 0.29) is 68.1 Å². The van der Waals surface area contributed by atoms with Crippen molar-refractivity contribution in [1.29, 1.82) is 0 Å². The number of carboxylic acid groups (broad SMARTS) is 2. The molecular formula is C65H86FN13O16S2. The van der Waals surface area contributed by atoms with E-state index < -0.39 is 150 Å². The number of thioether (sulfide) groups is 1. The Labute approximate surface area is 568 Å². The highest BCUT2D eigenvalue weighted by Gasteiger charge is 2.39. The number of nitrogens with one attached hydrogen (secondary N) is 9. The predicted octanol–water partition coefficient (Wildman–Crippen LogP) is -1.61. The normalized spacial score (nSPS) is 14.9. The van der Waals surface area contributed by atoms with Crippen LogP contribution in [0, 0.1) is 5.82 Å². The zero-order chi connectivity index (χ0) is 71.5. The maximum Gasteiger partial charge on any atom is 0.328 e. The van der Waals surface area contributed by atoms with Gasteiger partial charge in [-0.25, -0.2) is 14.0 Å². The molecule has 20 N–H and O–H groups in total. The quantitative estimate of drug-likeness (QED) is 0.0155. The molecule has 0 bridgehead atoms. The molecule has 1 unspecified atom stereocenters. The summed E-state index contributed by atoms with van der Waals surface area (Å²) < 4.78 is 13.8. The first-order valence-corrected chi connectivity index (χ1v) is 32.9. The number of halogens is 1. The maximum absolute atomic E-state index is 14.6. The van der Waals surface area contributed by atoms with Crippen molar-refractivity contribution in [3.05, 3.63) is 137 Å². The minimum absolute atomic E-state index is 0.0120. The highest BCUT2D eigenvalue weighted by Crippen LogP contribution is 2.21. The van der Waals surface area contributed by atoms with Gasteiger partial charge in [0.25, 0.3) is 0 Å². The van der Waals surface area contributed by atoms with Crippen molar-refractivity contribution in [3.63, 3.8) is 0 Å². The second-order valence-corrected chi connectivity index (χ2v) is 24.7. The topological polar surface area (TPSA) is 482 Å². The molecule has 0 aliphatic rings. The van der Waals surface area contributed by atoms with Crippen molar-refractivity contribution in [2.24, 2.45) is 17.2 Å². The van der Waals surface area contributed by atoms with Crippen LogP contribution in [-0.2, 0) is 78.4 Å². The molecule has 12 atom stereocenters. The van der Waals surface area contributed by atoms with Gasteiger partial charge in [-0.1, -0.05) is 72.8 Å². The standard InChI is InChI=1S/C65H86FN13O16S2/c1-35(80)54(77-58(86)47(15-9-10-25-67)72-60(88)50(30-40-31-70-46-14-8-7-13-43(40)46)75-56(84)44(68)27-38-18-22-42(82)23-19-38)63(91)79(3)52(29-37-11-5-4-6-12-37)62(90)73-48(64(92)93)24-26-97-34-53(83)71-32-45(69)57(85)74-49(28-39-16-20-41(66)21-17-39)59(87)76-51(33-96)61(89)78-55(36(2)81)65(94)95/h4-8,11-14,16-23,31,35-36,44-45,47-52,54-55,70,80-82,96H,9-10,15,24-30,32-34,67-69H2,1-3H3,(H,71,83)(H,72,88)(H,73,90)(H,74,85)(H,75,84)(H,76,87)(H,77,86)(H,78,89)(H,92,93)(H,94,95)/t35-,36-,44+,45?,47+,48+,49+,50-,51+,52+,54+,55+/m1/s1. The van der Waals surface area contributed by atoms with Crippen LogP contribution in [0.15, 0.2) is 109 Å². The number of aliphatic carboxylic acids is 2. The van der Waals surface area contributed by atoms with Crippen molar-refractivity contribution in [2.75, 3.05) is 37.4 Å². The number of thiol groups is 1. The molecule has 4 aromatic carbocycles. The van der Waals surface area contributed by atoms with Gasteiger partial charge in [0.2, 0.25) is 53.2 Å². The number of hydrogen-bond donors (Lipinski definition) is 18. The molecule has 526 valence electrons. The number of carbonyl (C=O) groups excluding carboxylic acids is 9. The third kappa shape index (κ3) is 25.1. The van der Waals surface area contributed by atoms with Gasteiger partial charge in [-0.2, -0.15) is 24.4 Å². The third-order valence-electron chi connectivity index (χ3n) is 15.6. The molecule has 0 fully saturated rings. The minimum Gasteiger partial charge on any atom is -0.508 e. The Morgan fingerprint density at radius 3 is 1.71 bits per heavy atom. The molecular weight excluding hydrogens is 1300 g/mol. The summed E-state index contributed by atoms with van der Waals surface area (Å²) in [6, 6.07) is 11.8. The second-order valence-electron chi connectivity index (χ2n) is 23.2. The summed E-state index contributed by atoms with van der Waals surface area (Å²) in [6.07, 6.45) is -1.47. The van der Waals surface area contributed by atoms with Gasteiger partial charge < -0.3 is 95.2 Å². The van der Waals surface area contributed by atoms with Gasteiger partial charge in [-0.05, 0) is 111 Å². The number of phenols is 1. The van der Waals surface area contributed by atoms with Crippen molar-refractivity contribution >= 4 is 100 Å². The summed E-state index contributed by atoms with van der Waals surface area (Å²) in [7, 11) is 1.23. The van der Waals surface area contributed by atoms with Crippen LogP contribution in [0.3, 0.4) is 0 Å². The van der Waals surface area contributed by atoms with E-state index in [1.807, 2.05) is 18.2 Å². The number of H-pyrrole nitrogens is 1. The molecule has 5 aromatic rings. The van der Waals surface area contributed by atoms with Gasteiger partial charge in [0.05, 0.1) is 24.0 Å². The first kappa shape index (κ1) is 78.5. The van der Waals surface area contributed by atoms with Crippen LogP contribution in [0.5, 0.6) is 5.75 Å². The molecule has 97 heavy (non-hydrogen) atoms. The summed E-state index contributed by atoms with van der Waals surface area (Å²) in [6.45, 7) is 2.10. The number of amides is 9. The van der Waals surface area contributed by atoms with Crippen molar-refractivity contribution < 1.29 is 82.7 Å². The second kappa shape index (κ2) is 39.1. The molecule has 1 aromatic heterocycles. The monoisotopic (exact) mass is 1390 g/mol. The fourth-order valence-corrected chi connectivity index (χ4v) is 11.1. The van der Waals surface area contributed by atoms with Crippen LogP contribution in [0.2, 0.25) is 0 Å². The van der Waals surface area contributed by atoms with Crippen LogP contribution in [0.4, 0.5) is 4.39 Å². The highest BCUT2D eigenvalue weighted by molar-refractivity contribution is 7.99. The Bertz CT molecular complexity index is 3480. The Balaban J connectivity index is 1.23. The lowest BCUT2D eigenvalue weighted by Crippen LogP contribution is -2.62. The maximum atomic E-state index is 14.6. The lowest BCUT2D eigenvalue weighted by Gasteiger charge is -2.33. The zero-order valence-electron chi connectivity index (χ0n) is 53.7. The highest BCUT2D eigenvalue weighted by atomic mass is 32.2. The SMILES string of the molecule is C[C@@H](O)[C@H](NC(=O)[C@H](CS)NC(=O)[C@H](Cc1ccc(F)cc1)NC(=O)C(N)CNC(=O)CSCC[C@H](NC(=O)[C@H](Cc1ccccc1)N(C)C(=O)[C@@H](NC(=O)[C@H](CCCCN)NC(=O)[C@@H](Cc1c[nH]c2ccccc12)NC(=O)[C@@H](N)Cc1ccc(O)cc1)[C@@H](C)O)C(=O)O)C(=O)O. The number of aliphatic hydroxyl groups is 2. The average Bonchev–Trinajstić information content (AvgIpc) is 1.82. The molecule has 9 amide bonds. The van der Waals surface area contributed by atoms with E-state index in [1.165, 1.54) is 38.2 Å². The molecule has 0 aliphatic carbocycles. The largest absolute Gasteiger partial charge is 0.508 e. The predicted molar refractivity (Wildman–Crippen MR) is 360 cm³/mol. The fraction of sp³-hybridized carbons (Fsp3) is 0.431. The number of unbranched alkanes of at least 4 members (excludes halogenated alkanes) is 1. The number of para-hydroxylation sites is 1. The number of carbonyl (C=O) groups is 11. The fourth-order valence-electron chi connectivity index (χ4n) is 9.99. The van der Waals surface area contributed by atoms with Gasteiger partial charge in [-0.3, -0.25) is 43.2 Å². The molecule has 29 nitrogen and oxygen atoms in total. The lowest BCUT2D eigenvalue weighted by molar-refractivity contribution is -0.146. The number of nitrogens with zero attached hydrogens (tertiary/aromatic N) is 1. The number of aromatic nitrogens is 1. The smallest absolute Gasteiger partial charge is 0.328 e. The summed E-state index contributed by atoms with van der Waals surface area (Å²) in [4.78, 5) is 153. The van der Waals surface area contributed by atoms with Gasteiger partial charge >= 0.3 is 11.9 Å². The van der Waals surface area contributed by atoms with E-state index >= 15 is 0 Å². The molecule has 0 saturated heterocycles. The Hall–Kier alpha value is -9.18. The third-order valence-corrected chi connectivity index (χ3v) is 16.9. The molecule has 5 rings (SSSR count). The van der Waals surface area contributed by atoms with Crippen molar-refractivity contribution in [1.82, 2.24) is 52.4 Å². The Morgan fingerprint density at radius 1 is 0.577 bits per heavy atom. The van der Waals surface area contributed by atoms with Crippen LogP contribution in [0.1, 0.15) is 61.8 Å². The average molecular weight is 1390 g/mol. The summed E-state index contributed by atoms with van der Waals surface area (Å²) >= 11 is 5.03. The molecule has 0 saturated carbocycles. The Kier molecular flexibility index (Phi) is 31.7. The van der Waals surface area contributed by atoms with E-state index in [0.29, 0.717) is 35.1 Å². The number of nitrogens with two attached hydrogens (primary N) is 3. The number of likely N-dealkylation sites (N-methyl/N-ethyl adjacent to an activating group) is 1. The van der Waals surface area contributed by atoms with Crippen LogP contribution in [-0.4, -0.2) is 211 Å². The van der Waals surface area contributed by atoms with Crippen molar-refractivity contribution in [2.45, 2.75) is 138 Å². The Morgan fingerprint density at radius 2 is 1.10 bits per heavy atom. The van der Waals surface area contributed by atoms with Gasteiger partial charge in [0.15, 0.2) is 6.04 Å². The van der Waals surface area contributed by atoms with E-state index in [0.717, 1.165) is 46.6 Å². The first-order chi connectivity index (χ1) is 46.1. The summed E-state index contributed by atoms with van der Waals surface area (Å²) in [5.41, 5.74) is 21.2. The first-order valence-electron chi connectivity index (χ1n) is 31.1. The minimum atomic E-state index is -1.76. The van der Waals surface area contributed by atoms with E-state index in [4.69, 9.17) is 17.2 Å². The van der Waals surface area contributed by atoms with Gasteiger partial charge in [0.1, 0.15) is 59.9 Å². The number of phenolic OH excluding ortho intramolecular Hbond substituents is 1. The van der Waals surface area contributed by atoms with E-state index in [1.54, 1.807) is 54.7 Å². The number of carboxylic acids is 2. The lowest BCUT2D eigenvalue weighted by atomic mass is 10.0. The number of hydrogen-bond acceptors (Lipinski definition) is 19.